The summed E-state index contributed by atoms with van der Waals surface area (Å²) in [5, 5.41) is 5.53. The molecule has 0 saturated carbocycles. The molecule has 0 radical (unpaired) electrons. The second-order valence-corrected chi connectivity index (χ2v) is 7.18. The van der Waals surface area contributed by atoms with E-state index in [1.54, 1.807) is 73.7 Å². The minimum absolute atomic E-state index is 0.109. The molecule has 0 aromatic heterocycles. The lowest BCUT2D eigenvalue weighted by atomic mass is 10.1. The maximum Gasteiger partial charge on any atom is 0.338 e. The van der Waals surface area contributed by atoms with Crippen molar-refractivity contribution >= 4 is 29.2 Å². The number of amides is 2. The van der Waals surface area contributed by atoms with E-state index in [2.05, 4.69) is 10.6 Å². The summed E-state index contributed by atoms with van der Waals surface area (Å²) < 4.78 is 16.2. The molecule has 1 aliphatic heterocycles. The standard InChI is InChI=1S/C25H22N2O6/c1-2-31-25(30)17-9-13-18(14-10-17)26-23(28)16-7-11-19(12-8-16)27-24(29)22-15-32-20-5-3-4-6-21(20)33-22/h3-14,22H,2,15H2,1H3,(H,26,28)(H,27,29)/t22-/m0/s1. The molecule has 0 saturated heterocycles. The number of hydrogen-bond donors (Lipinski definition) is 2. The van der Waals surface area contributed by atoms with E-state index in [1.807, 2.05) is 6.07 Å². The normalized spacial score (nSPS) is 14.2. The molecule has 33 heavy (non-hydrogen) atoms. The number of esters is 1. The third kappa shape index (κ3) is 5.30. The molecule has 3 aromatic rings. The van der Waals surface area contributed by atoms with Gasteiger partial charge in [-0.2, -0.15) is 0 Å². The highest BCUT2D eigenvalue weighted by atomic mass is 16.6. The number of carbonyl (C=O) groups is 3. The zero-order valence-corrected chi connectivity index (χ0v) is 17.9. The number of rotatable bonds is 6. The van der Waals surface area contributed by atoms with Crippen molar-refractivity contribution in [1.29, 1.82) is 0 Å². The van der Waals surface area contributed by atoms with Gasteiger partial charge < -0.3 is 24.8 Å². The minimum atomic E-state index is -0.777. The second kappa shape index (κ2) is 9.86. The van der Waals surface area contributed by atoms with Crippen LogP contribution in [0.15, 0.2) is 72.8 Å². The van der Waals surface area contributed by atoms with Crippen molar-refractivity contribution in [1.82, 2.24) is 0 Å². The lowest BCUT2D eigenvalue weighted by Crippen LogP contribution is -2.40. The summed E-state index contributed by atoms with van der Waals surface area (Å²) in [7, 11) is 0. The van der Waals surface area contributed by atoms with E-state index < -0.39 is 12.1 Å². The van der Waals surface area contributed by atoms with Crippen LogP contribution in [0.4, 0.5) is 11.4 Å². The highest BCUT2D eigenvalue weighted by Crippen LogP contribution is 2.31. The molecular weight excluding hydrogens is 424 g/mol. The van der Waals surface area contributed by atoms with E-state index in [0.29, 0.717) is 40.6 Å². The van der Waals surface area contributed by atoms with Gasteiger partial charge in [0.25, 0.3) is 11.8 Å². The van der Waals surface area contributed by atoms with Gasteiger partial charge >= 0.3 is 5.97 Å². The minimum Gasteiger partial charge on any atom is -0.485 e. The number of anilines is 2. The van der Waals surface area contributed by atoms with Gasteiger partial charge in [-0.15, -0.1) is 0 Å². The van der Waals surface area contributed by atoms with Crippen LogP contribution in [0.1, 0.15) is 27.6 Å². The van der Waals surface area contributed by atoms with Crippen LogP contribution in [0.3, 0.4) is 0 Å². The van der Waals surface area contributed by atoms with Crippen molar-refractivity contribution in [3.05, 3.63) is 83.9 Å². The third-order valence-electron chi connectivity index (χ3n) is 4.87. The second-order valence-electron chi connectivity index (χ2n) is 7.18. The molecule has 1 aliphatic rings. The number of fused-ring (bicyclic) bond motifs is 1. The lowest BCUT2D eigenvalue weighted by Gasteiger charge is -2.25. The fourth-order valence-corrected chi connectivity index (χ4v) is 3.18. The molecule has 0 fully saturated rings. The predicted octanol–water partition coefficient (Wildman–Crippen LogP) is 3.89. The number of benzene rings is 3. The number of ether oxygens (including phenoxy) is 3. The largest absolute Gasteiger partial charge is 0.485 e. The summed E-state index contributed by atoms with van der Waals surface area (Å²) in [6, 6.07) is 20.1. The summed E-state index contributed by atoms with van der Waals surface area (Å²) in [4.78, 5) is 36.7. The topological polar surface area (TPSA) is 103 Å². The average Bonchev–Trinajstić information content (AvgIpc) is 2.84. The Hall–Kier alpha value is -4.33. The molecular formula is C25H22N2O6. The van der Waals surface area contributed by atoms with Crippen LogP contribution in [0.25, 0.3) is 0 Å². The van der Waals surface area contributed by atoms with Gasteiger partial charge in [0.1, 0.15) is 6.61 Å². The van der Waals surface area contributed by atoms with Gasteiger partial charge in [-0.1, -0.05) is 12.1 Å². The van der Waals surface area contributed by atoms with Crippen molar-refractivity contribution in [2.75, 3.05) is 23.8 Å². The number of hydrogen-bond acceptors (Lipinski definition) is 6. The molecule has 3 aromatic carbocycles. The van der Waals surface area contributed by atoms with E-state index in [1.165, 1.54) is 0 Å². The molecule has 168 valence electrons. The molecule has 0 unspecified atom stereocenters. The van der Waals surface area contributed by atoms with Crippen LogP contribution in [0, 0.1) is 0 Å². The first-order valence-electron chi connectivity index (χ1n) is 10.4. The Labute approximate surface area is 190 Å². The van der Waals surface area contributed by atoms with Gasteiger partial charge in [-0.25, -0.2) is 4.79 Å². The number of para-hydroxylation sites is 2. The van der Waals surface area contributed by atoms with Crippen LogP contribution in [0.5, 0.6) is 11.5 Å². The van der Waals surface area contributed by atoms with Gasteiger partial charge in [-0.05, 0) is 67.6 Å². The number of nitrogens with one attached hydrogen (secondary N) is 2. The third-order valence-corrected chi connectivity index (χ3v) is 4.87. The average molecular weight is 446 g/mol. The fourth-order valence-electron chi connectivity index (χ4n) is 3.18. The summed E-state index contributed by atoms with van der Waals surface area (Å²) in [6.07, 6.45) is -0.777. The van der Waals surface area contributed by atoms with E-state index in [0.717, 1.165) is 0 Å². The smallest absolute Gasteiger partial charge is 0.338 e. The molecule has 1 atom stereocenters. The zero-order valence-electron chi connectivity index (χ0n) is 17.9. The highest BCUT2D eigenvalue weighted by Gasteiger charge is 2.27. The van der Waals surface area contributed by atoms with Crippen molar-refractivity contribution in [2.24, 2.45) is 0 Å². The van der Waals surface area contributed by atoms with Gasteiger partial charge in [0.2, 0.25) is 6.10 Å². The Balaban J connectivity index is 1.33. The van der Waals surface area contributed by atoms with Gasteiger partial charge in [0.05, 0.1) is 12.2 Å². The van der Waals surface area contributed by atoms with E-state index in [4.69, 9.17) is 14.2 Å². The maximum absolute atomic E-state index is 12.5. The highest BCUT2D eigenvalue weighted by molar-refractivity contribution is 6.05. The monoisotopic (exact) mass is 446 g/mol. The van der Waals surface area contributed by atoms with Crippen molar-refractivity contribution < 1.29 is 28.6 Å². The quantitative estimate of drug-likeness (QED) is 0.557. The lowest BCUT2D eigenvalue weighted by molar-refractivity contribution is -0.125. The van der Waals surface area contributed by atoms with E-state index in [-0.39, 0.29) is 18.4 Å². The van der Waals surface area contributed by atoms with Crippen LogP contribution in [-0.4, -0.2) is 37.1 Å². The van der Waals surface area contributed by atoms with Gasteiger partial charge in [0, 0.05) is 16.9 Å². The molecule has 4 rings (SSSR count). The molecule has 1 heterocycles. The maximum atomic E-state index is 12.5. The molecule has 8 nitrogen and oxygen atoms in total. The summed E-state index contributed by atoms with van der Waals surface area (Å²) in [5.41, 5.74) is 1.89. The van der Waals surface area contributed by atoms with Crippen LogP contribution in [0.2, 0.25) is 0 Å². The predicted molar refractivity (Wildman–Crippen MR) is 122 cm³/mol. The van der Waals surface area contributed by atoms with Crippen LogP contribution < -0.4 is 20.1 Å². The van der Waals surface area contributed by atoms with Gasteiger partial charge in [-0.3, -0.25) is 9.59 Å². The Morgan fingerprint density at radius 2 is 1.45 bits per heavy atom. The van der Waals surface area contributed by atoms with Crippen LogP contribution >= 0.6 is 0 Å². The van der Waals surface area contributed by atoms with E-state index >= 15 is 0 Å². The molecule has 0 aliphatic carbocycles. The number of carbonyl (C=O) groups excluding carboxylic acids is 3. The van der Waals surface area contributed by atoms with Crippen molar-refractivity contribution in [3.8, 4) is 11.5 Å². The van der Waals surface area contributed by atoms with Crippen molar-refractivity contribution in [2.45, 2.75) is 13.0 Å². The van der Waals surface area contributed by atoms with E-state index in [9.17, 15) is 14.4 Å². The van der Waals surface area contributed by atoms with Crippen LogP contribution in [-0.2, 0) is 9.53 Å². The van der Waals surface area contributed by atoms with Gasteiger partial charge in [0.15, 0.2) is 11.5 Å². The Bertz CT molecular complexity index is 1160. The summed E-state index contributed by atoms with van der Waals surface area (Å²) >= 11 is 0. The zero-order chi connectivity index (χ0) is 23.2. The van der Waals surface area contributed by atoms with Crippen molar-refractivity contribution in [3.63, 3.8) is 0 Å². The Morgan fingerprint density at radius 1 is 0.848 bits per heavy atom. The molecule has 0 bridgehead atoms. The summed E-state index contributed by atoms with van der Waals surface area (Å²) in [6.45, 7) is 2.14. The fraction of sp³-hybridized carbons (Fsp3) is 0.160. The first-order valence-corrected chi connectivity index (χ1v) is 10.4. The Morgan fingerprint density at radius 3 is 2.12 bits per heavy atom. The summed E-state index contributed by atoms with van der Waals surface area (Å²) in [5.74, 6) is 0.0434. The molecule has 8 heteroatoms. The molecule has 0 spiro atoms. The Kier molecular flexibility index (Phi) is 6.54. The molecule has 2 amide bonds. The SMILES string of the molecule is CCOC(=O)c1ccc(NC(=O)c2ccc(NC(=O)[C@@H]3COc4ccccc4O3)cc2)cc1. The first kappa shape index (κ1) is 21.9. The first-order chi connectivity index (χ1) is 16.0. The molecule has 2 N–H and O–H groups in total.